The van der Waals surface area contributed by atoms with Crippen LogP contribution in [0.2, 0.25) is 0 Å². The minimum Gasteiger partial charge on any atom is -0.504 e. The van der Waals surface area contributed by atoms with E-state index in [-0.39, 0.29) is 11.3 Å². The topological polar surface area (TPSA) is 161 Å². The number of aliphatic hydroxyl groups excluding tert-OH is 1. The Morgan fingerprint density at radius 2 is 1.55 bits per heavy atom. The number of phenolic OH excluding ortho intramolecular Hbond substituents is 2. The molecule has 0 radical (unpaired) electrons. The largest absolute Gasteiger partial charge is 0.504 e. The van der Waals surface area contributed by atoms with E-state index >= 15 is 0 Å². The summed E-state index contributed by atoms with van der Waals surface area (Å²) in [5.41, 5.74) is 5.31. The summed E-state index contributed by atoms with van der Waals surface area (Å²) in [5, 5.41) is 43.3. The summed E-state index contributed by atoms with van der Waals surface area (Å²) >= 11 is 0. The first kappa shape index (κ1) is 19.5. The number of aromatic hydroxyl groups is 2. The normalized spacial score (nSPS) is 13.5. The Balaban J connectivity index is 0.000000534. The minimum absolute atomic E-state index is 0.125. The van der Waals surface area contributed by atoms with E-state index in [9.17, 15) is 23.1 Å². The van der Waals surface area contributed by atoms with Crippen LogP contribution in [0.3, 0.4) is 0 Å². The van der Waals surface area contributed by atoms with Gasteiger partial charge in [0.15, 0.2) is 11.5 Å². The first-order chi connectivity index (χ1) is 9.87. The van der Waals surface area contributed by atoms with Crippen LogP contribution in [0.5, 0.6) is 11.5 Å². The summed E-state index contributed by atoms with van der Waals surface area (Å²) in [4.78, 5) is 19.4. The van der Waals surface area contributed by atoms with E-state index in [1.165, 1.54) is 6.07 Å². The molecular weight excluding hydrogens is 322 g/mol. The molecule has 0 aliphatic heterocycles. The van der Waals surface area contributed by atoms with Crippen LogP contribution < -0.4 is 5.73 Å². The molecule has 22 heavy (non-hydrogen) atoms. The predicted octanol–water partition coefficient (Wildman–Crippen LogP) is 0.176. The molecule has 0 amide bonds. The van der Waals surface area contributed by atoms with E-state index in [1.54, 1.807) is 0 Å². The van der Waals surface area contributed by atoms with Gasteiger partial charge in [-0.2, -0.15) is 13.2 Å². The predicted molar refractivity (Wildman–Crippen MR) is 64.0 cm³/mol. The van der Waals surface area contributed by atoms with Crippen molar-refractivity contribution < 1.29 is 48.3 Å². The quantitative estimate of drug-likeness (QED) is 0.337. The smallest absolute Gasteiger partial charge is 0.490 e. The van der Waals surface area contributed by atoms with Gasteiger partial charge in [-0.25, -0.2) is 4.79 Å². The molecule has 0 saturated carbocycles. The summed E-state index contributed by atoms with van der Waals surface area (Å²) < 4.78 is 31.7. The van der Waals surface area contributed by atoms with Crippen LogP contribution in [0.4, 0.5) is 13.2 Å². The lowest BCUT2D eigenvalue weighted by molar-refractivity contribution is -0.192. The summed E-state index contributed by atoms with van der Waals surface area (Å²) in [5.74, 6) is -4.90. The van der Waals surface area contributed by atoms with Gasteiger partial charge in [0, 0.05) is 0 Å². The average Bonchev–Trinajstić information content (AvgIpc) is 2.39. The Labute approximate surface area is 120 Å². The third-order valence-corrected chi connectivity index (χ3v) is 2.21. The van der Waals surface area contributed by atoms with Crippen molar-refractivity contribution in [2.75, 3.05) is 0 Å². The Hall–Kier alpha value is -2.53. The third kappa shape index (κ3) is 5.85. The number of hydrogen-bond acceptors (Lipinski definition) is 6. The van der Waals surface area contributed by atoms with E-state index in [2.05, 4.69) is 0 Å². The Morgan fingerprint density at radius 1 is 1.09 bits per heavy atom. The van der Waals surface area contributed by atoms with E-state index in [4.69, 9.17) is 31.0 Å². The first-order valence-corrected chi connectivity index (χ1v) is 5.36. The fraction of sp³-hybridized carbons (Fsp3) is 0.273. The van der Waals surface area contributed by atoms with Gasteiger partial charge in [-0.1, -0.05) is 6.07 Å². The van der Waals surface area contributed by atoms with Gasteiger partial charge in [-0.05, 0) is 17.7 Å². The fourth-order valence-corrected chi connectivity index (χ4v) is 1.07. The maximum atomic E-state index is 10.6. The van der Waals surface area contributed by atoms with Gasteiger partial charge in [0.2, 0.25) is 0 Å². The zero-order valence-electron chi connectivity index (χ0n) is 10.7. The molecule has 1 aromatic carbocycles. The number of carboxylic acids is 2. The van der Waals surface area contributed by atoms with Crippen molar-refractivity contribution in [2.45, 2.75) is 18.3 Å². The van der Waals surface area contributed by atoms with Crippen LogP contribution in [-0.2, 0) is 9.59 Å². The molecule has 0 fully saturated rings. The zero-order chi connectivity index (χ0) is 17.7. The minimum atomic E-state index is -5.08. The number of hydrogen-bond donors (Lipinski definition) is 6. The molecular formula is C11H12F3NO7. The van der Waals surface area contributed by atoms with Crippen molar-refractivity contribution in [2.24, 2.45) is 5.73 Å². The molecule has 2 atom stereocenters. The summed E-state index contributed by atoms with van der Waals surface area (Å²) in [6, 6.07) is 2.00. The SMILES string of the molecule is N[C@H](C(=O)O)[13C@H](O)[13c]1[13cH][13cH][13c](O)[13c](O)[13cH]1.O=C(O)C(F)(F)F. The molecule has 0 aliphatic rings. The molecule has 0 unspecified atom stereocenters. The third-order valence-electron chi connectivity index (χ3n) is 2.21. The van der Waals surface area contributed by atoms with Gasteiger partial charge in [-0.15, -0.1) is 0 Å². The standard InChI is InChI=1S/C9H11NO5.C2HF3O2/c10-7(9(14)15)8(13)4-1-2-5(11)6(12)3-4;3-2(4,5)1(6)7/h1-3,7-8,11-13H,10H2,(H,14,15);(H,6,7)/t7-,8+;/m0./s1/i1+1,2+1,3+1,4+1,5+1,6+1,8+1;. The van der Waals surface area contributed by atoms with Crippen molar-refractivity contribution in [3.8, 4) is 11.5 Å². The summed E-state index contributed by atoms with van der Waals surface area (Å²) in [6.45, 7) is 0. The van der Waals surface area contributed by atoms with E-state index in [1.807, 2.05) is 0 Å². The number of nitrogens with two attached hydrogens (primary N) is 1. The van der Waals surface area contributed by atoms with E-state index < -0.39 is 36.0 Å². The van der Waals surface area contributed by atoms with Gasteiger partial charge >= 0.3 is 18.1 Å². The lowest BCUT2D eigenvalue weighted by atomic mass is 10.4. The maximum Gasteiger partial charge on any atom is 0.490 e. The number of rotatable bonds is 3. The number of phenols is 2. The molecule has 1 aromatic rings. The first-order valence-electron chi connectivity index (χ1n) is 5.36. The monoisotopic (exact) mass is 334 g/mol. The Bertz CT molecular complexity index is 547. The van der Waals surface area contributed by atoms with Crippen LogP contribution in [-0.4, -0.2) is 49.7 Å². The lowest BCUT2D eigenvalue weighted by Gasteiger charge is -2.15. The van der Waals surface area contributed by atoms with Crippen LogP contribution in [0.15, 0.2) is 18.2 Å². The molecule has 0 aliphatic carbocycles. The molecule has 0 bridgehead atoms. The van der Waals surface area contributed by atoms with Gasteiger partial charge in [0.1, 0.15) is 12.1 Å². The van der Waals surface area contributed by atoms with Crippen LogP contribution in [0.1, 0.15) is 11.7 Å². The summed E-state index contributed by atoms with van der Waals surface area (Å²) in [7, 11) is 0. The van der Waals surface area contributed by atoms with E-state index in [0.717, 1.165) is 12.1 Å². The second-order valence-corrected chi connectivity index (χ2v) is 3.86. The maximum absolute atomic E-state index is 10.6. The van der Waals surface area contributed by atoms with Crippen molar-refractivity contribution in [1.82, 2.24) is 0 Å². The number of benzene rings is 1. The van der Waals surface area contributed by atoms with E-state index in [0.29, 0.717) is 0 Å². The highest BCUT2D eigenvalue weighted by Gasteiger charge is 2.38. The molecule has 0 aromatic heterocycles. The molecule has 0 spiro atoms. The zero-order valence-corrected chi connectivity index (χ0v) is 10.7. The van der Waals surface area contributed by atoms with Gasteiger partial charge in [-0.3, -0.25) is 4.79 Å². The molecule has 1 rings (SSSR count). The Morgan fingerprint density at radius 3 is 1.86 bits per heavy atom. The number of halogens is 3. The van der Waals surface area contributed by atoms with Gasteiger partial charge in [0.05, 0.1) is 0 Å². The number of carboxylic acid groups (broad SMARTS) is 2. The van der Waals surface area contributed by atoms with Crippen molar-refractivity contribution >= 4 is 11.9 Å². The number of alkyl halides is 3. The molecule has 0 heterocycles. The van der Waals surface area contributed by atoms with Crippen LogP contribution in [0, 0.1) is 0 Å². The molecule has 11 heteroatoms. The second-order valence-electron chi connectivity index (χ2n) is 3.86. The lowest BCUT2D eigenvalue weighted by Crippen LogP contribution is -2.36. The van der Waals surface area contributed by atoms with Crippen molar-refractivity contribution in [1.29, 1.82) is 0 Å². The number of carbonyl (C=O) groups is 2. The van der Waals surface area contributed by atoms with Crippen molar-refractivity contribution in [3.05, 3.63) is 23.8 Å². The average molecular weight is 334 g/mol. The van der Waals surface area contributed by atoms with Gasteiger partial charge < -0.3 is 31.3 Å². The highest BCUT2D eigenvalue weighted by molar-refractivity contribution is 5.74. The number of aliphatic carboxylic acids is 2. The Kier molecular flexibility index (Phi) is 6.61. The number of aliphatic hydroxyl groups is 1. The summed E-state index contributed by atoms with van der Waals surface area (Å²) in [6.07, 6.45) is -6.52. The molecule has 124 valence electrons. The molecule has 0 saturated heterocycles. The second kappa shape index (κ2) is 7.47. The van der Waals surface area contributed by atoms with Crippen molar-refractivity contribution in [3.63, 3.8) is 0 Å². The van der Waals surface area contributed by atoms with Gasteiger partial charge in [0.25, 0.3) is 0 Å². The fourth-order valence-electron chi connectivity index (χ4n) is 1.07. The van der Waals surface area contributed by atoms with Crippen LogP contribution in [0.25, 0.3) is 0 Å². The molecule has 7 N–H and O–H groups in total. The molecule has 8 nitrogen and oxygen atoms in total. The highest BCUT2D eigenvalue weighted by Crippen LogP contribution is 2.28. The highest BCUT2D eigenvalue weighted by atomic mass is 19.4. The van der Waals surface area contributed by atoms with Crippen LogP contribution >= 0.6 is 0 Å².